The van der Waals surface area contributed by atoms with Crippen LogP contribution >= 0.6 is 24.8 Å². The van der Waals surface area contributed by atoms with Gasteiger partial charge in [-0.25, -0.2) is 5.57 Å². The molecule has 29 heavy (non-hydrogen) atoms. The molecule has 1 nitrogen and oxygen atoms in total. The molecule has 1 aliphatic rings. The van der Waals surface area contributed by atoms with Crippen LogP contribution in [0, 0.1) is 12.0 Å². The summed E-state index contributed by atoms with van der Waals surface area (Å²) in [6.07, 6.45) is 5.06. The Morgan fingerprint density at radius 1 is 1.03 bits per heavy atom. The van der Waals surface area contributed by atoms with Gasteiger partial charge in [0.05, 0.1) is 12.0 Å². The average molecular weight is 525 g/mol. The van der Waals surface area contributed by atoms with Gasteiger partial charge in [0.25, 0.3) is 0 Å². The van der Waals surface area contributed by atoms with Crippen LogP contribution in [0.1, 0.15) is 27.7 Å². The molecule has 0 amide bonds. The number of halogens is 2. The van der Waals surface area contributed by atoms with E-state index in [4.69, 9.17) is 4.42 Å². The molecule has 0 bridgehead atoms. The van der Waals surface area contributed by atoms with Gasteiger partial charge in [0.1, 0.15) is 0 Å². The molecule has 4 rings (SSSR count). The summed E-state index contributed by atoms with van der Waals surface area (Å²) in [4.78, 5) is 0. The van der Waals surface area contributed by atoms with Gasteiger partial charge in [0.15, 0.2) is 0 Å². The molecule has 0 radical (unpaired) electrons. The van der Waals surface area contributed by atoms with Crippen molar-refractivity contribution in [3.63, 3.8) is 0 Å². The predicted octanol–water partition coefficient (Wildman–Crippen LogP) is 8.17. The van der Waals surface area contributed by atoms with Crippen molar-refractivity contribution < 1.29 is 27.8 Å². The molecule has 1 atom stereocenters. The Morgan fingerprint density at radius 2 is 1.66 bits per heavy atom. The van der Waals surface area contributed by atoms with Crippen LogP contribution in [0.15, 0.2) is 75.9 Å². The minimum atomic E-state index is 0. The predicted molar refractivity (Wildman–Crippen MR) is 129 cm³/mol. The zero-order valence-corrected chi connectivity index (χ0v) is 23.1. The molecule has 0 saturated carbocycles. The molecule has 0 fully saturated rings. The summed E-state index contributed by atoms with van der Waals surface area (Å²) in [6, 6.07) is 16.5. The number of furan rings is 1. The van der Waals surface area contributed by atoms with Gasteiger partial charge in [-0.3, -0.25) is 6.08 Å². The van der Waals surface area contributed by atoms with Crippen LogP contribution in [-0.4, -0.2) is 5.43 Å². The fourth-order valence-corrected chi connectivity index (χ4v) is 2.96. The zero-order valence-electron chi connectivity index (χ0n) is 18.0. The first-order valence-corrected chi connectivity index (χ1v) is 15.5. The van der Waals surface area contributed by atoms with Gasteiger partial charge in [0, 0.05) is 0 Å². The number of benzene rings is 1. The van der Waals surface area contributed by atoms with Crippen molar-refractivity contribution in [2.45, 2.75) is 40.8 Å². The first kappa shape index (κ1) is 28.3. The molecule has 0 N–H and O–H groups in total. The third-order valence-corrected chi connectivity index (χ3v) is 4.70. The topological polar surface area (TPSA) is 13.1 Å². The van der Waals surface area contributed by atoms with Crippen molar-refractivity contribution in [1.29, 1.82) is 0 Å². The van der Waals surface area contributed by atoms with Crippen molar-refractivity contribution in [2.24, 2.45) is 5.92 Å². The fourth-order valence-electron chi connectivity index (χ4n) is 2.96. The van der Waals surface area contributed by atoms with Crippen LogP contribution in [-0.2, 0) is 23.3 Å². The van der Waals surface area contributed by atoms with E-state index >= 15 is 0 Å². The van der Waals surface area contributed by atoms with E-state index in [0.29, 0.717) is 5.92 Å². The Kier molecular flexibility index (Phi) is 13.2. The van der Waals surface area contributed by atoms with E-state index in [9.17, 15) is 0 Å². The Labute approximate surface area is 203 Å². The SMILES string of the molecule is CC1=[C-]C(C)C(C)=C1C.C[Si](C)=[Zr+2].Cl.Cl.c1coc(-c2c[cH-]c3ccccc23)c1. The standard InChI is InChI=1S/C13H9O.C9H13.C2H6Si.2ClH.Zr/c1-2-5-11-10(4-1)7-8-12(11)13-6-3-9-14-13;1-6-5-7(2)9(4)8(6)3;1-3-2;;;/h1-9H;6H,1-4H3;1-2H3;2*1H;/q2*-1;;;;+2. The largest absolute Gasteiger partial charge is 0.475 e. The molecule has 1 unspecified atom stereocenters. The number of hydrogen-bond acceptors (Lipinski definition) is 1. The summed E-state index contributed by atoms with van der Waals surface area (Å²) in [5, 5.41) is 2.52. The smallest absolute Gasteiger partial charge is 0.0899 e. The molecule has 1 aromatic heterocycles. The first-order valence-electron chi connectivity index (χ1n) is 9.29. The second-order valence-electron chi connectivity index (χ2n) is 7.11. The molecular weight excluding hydrogens is 494 g/mol. The molecule has 5 heteroatoms. The van der Waals surface area contributed by atoms with E-state index < -0.39 is 0 Å². The summed E-state index contributed by atoms with van der Waals surface area (Å²) in [7, 11) is 0. The van der Waals surface area contributed by atoms with Crippen LogP contribution in [0.2, 0.25) is 13.1 Å². The maximum absolute atomic E-state index is 5.39. The van der Waals surface area contributed by atoms with Crippen molar-refractivity contribution in [2.75, 3.05) is 0 Å². The van der Waals surface area contributed by atoms with Crippen LogP contribution < -0.4 is 0 Å². The third-order valence-electron chi connectivity index (χ3n) is 4.70. The Balaban J connectivity index is 0.000000458. The molecule has 0 spiro atoms. The second kappa shape index (κ2) is 13.5. The average Bonchev–Trinajstić information content (AvgIpc) is 3.33. The van der Waals surface area contributed by atoms with Gasteiger partial charge in [-0.05, 0) is 12.1 Å². The van der Waals surface area contributed by atoms with E-state index in [0.717, 1.165) is 5.76 Å². The molecule has 0 saturated heterocycles. The molecule has 3 aromatic rings. The number of rotatable bonds is 1. The van der Waals surface area contributed by atoms with Crippen LogP contribution in [0.5, 0.6) is 0 Å². The summed E-state index contributed by atoms with van der Waals surface area (Å²) in [6.45, 7) is 13.3. The van der Waals surface area contributed by atoms with Crippen molar-refractivity contribution in [3.8, 4) is 11.3 Å². The maximum atomic E-state index is 5.39. The fraction of sp³-hybridized carbons (Fsp3) is 0.292. The Morgan fingerprint density at radius 3 is 2.10 bits per heavy atom. The molecule has 1 aliphatic carbocycles. The summed E-state index contributed by atoms with van der Waals surface area (Å²) < 4.78 is 5.39. The van der Waals surface area contributed by atoms with E-state index in [1.54, 1.807) is 29.6 Å². The Hall–Kier alpha value is -0.730. The zero-order chi connectivity index (χ0) is 20.0. The van der Waals surface area contributed by atoms with E-state index in [-0.39, 0.29) is 30.2 Å². The van der Waals surface area contributed by atoms with Crippen LogP contribution in [0.3, 0.4) is 0 Å². The van der Waals surface area contributed by atoms with Gasteiger partial charge in [0.2, 0.25) is 0 Å². The number of hydrogen-bond donors (Lipinski definition) is 0. The summed E-state index contributed by atoms with van der Waals surface area (Å²) in [5.74, 6) is 1.50. The maximum Gasteiger partial charge on any atom is 0.0899 e. The van der Waals surface area contributed by atoms with E-state index in [1.165, 1.54) is 33.1 Å². The summed E-state index contributed by atoms with van der Waals surface area (Å²) >= 11 is 1.74. The van der Waals surface area contributed by atoms with Crippen LogP contribution in [0.4, 0.5) is 0 Å². The quantitative estimate of drug-likeness (QED) is 0.231. The third kappa shape index (κ3) is 8.13. The van der Waals surface area contributed by atoms with Crippen molar-refractivity contribution in [1.82, 2.24) is 0 Å². The number of fused-ring (bicyclic) bond motifs is 1. The van der Waals surface area contributed by atoms with Gasteiger partial charge in [-0.2, -0.15) is 11.1 Å². The van der Waals surface area contributed by atoms with Crippen molar-refractivity contribution >= 4 is 41.0 Å². The monoisotopic (exact) mass is 522 g/mol. The Bertz CT molecular complexity index is 964. The molecule has 0 aliphatic heterocycles. The van der Waals surface area contributed by atoms with Gasteiger partial charge >= 0.3 is 41.9 Å². The normalized spacial score (nSPS) is 14.6. The van der Waals surface area contributed by atoms with Gasteiger partial charge in [-0.1, -0.05) is 38.3 Å². The number of allylic oxidation sites excluding steroid dienone is 4. The van der Waals surface area contributed by atoms with Crippen molar-refractivity contribution in [3.05, 3.63) is 77.6 Å². The first-order chi connectivity index (χ1) is 12.8. The minimum absolute atomic E-state index is 0. The molecule has 154 valence electrons. The molecule has 2 aromatic carbocycles. The molecule has 1 heterocycles. The van der Waals surface area contributed by atoms with E-state index in [2.05, 4.69) is 77.2 Å². The van der Waals surface area contributed by atoms with Gasteiger partial charge in [-0.15, -0.1) is 72.8 Å². The van der Waals surface area contributed by atoms with E-state index in [1.807, 2.05) is 18.2 Å². The minimum Gasteiger partial charge on any atom is -0.475 e. The van der Waals surface area contributed by atoms with Gasteiger partial charge < -0.3 is 4.42 Å². The molecular formula is C24H30Cl2OSiZr. The van der Waals surface area contributed by atoms with Crippen LogP contribution in [0.25, 0.3) is 22.1 Å². The summed E-state index contributed by atoms with van der Waals surface area (Å²) in [5.41, 5.74) is 5.63. The second-order valence-corrected chi connectivity index (χ2v) is 16.5.